The summed E-state index contributed by atoms with van der Waals surface area (Å²) in [5, 5.41) is 3.97. The molecule has 0 spiro atoms. The van der Waals surface area contributed by atoms with Crippen molar-refractivity contribution >= 4 is 46.4 Å². The predicted molar refractivity (Wildman–Crippen MR) is 130 cm³/mol. The number of fused-ring (bicyclic) bond motifs is 2. The molecule has 3 aromatic rings. The molecular formula is C24H23Cl2N5O2. The number of aromatic nitrogens is 2. The van der Waals surface area contributed by atoms with Crippen molar-refractivity contribution < 1.29 is 9.53 Å². The van der Waals surface area contributed by atoms with Crippen molar-refractivity contribution in [2.75, 3.05) is 23.5 Å². The summed E-state index contributed by atoms with van der Waals surface area (Å²) in [5.74, 6) is 0.267. The van der Waals surface area contributed by atoms with E-state index in [0.29, 0.717) is 27.7 Å². The molecule has 2 aromatic carbocycles. The van der Waals surface area contributed by atoms with Gasteiger partial charge >= 0.3 is 0 Å². The van der Waals surface area contributed by atoms with Crippen molar-refractivity contribution in [1.29, 1.82) is 0 Å². The number of hydrogen-bond donors (Lipinski definition) is 1. The maximum atomic E-state index is 13.1. The number of para-hydroxylation sites is 1. The molecule has 1 amide bonds. The van der Waals surface area contributed by atoms with Gasteiger partial charge in [-0.05, 0) is 55.7 Å². The van der Waals surface area contributed by atoms with Crippen molar-refractivity contribution in [3.05, 3.63) is 69.3 Å². The molecule has 0 fully saturated rings. The molecule has 2 aliphatic heterocycles. The molecule has 170 valence electrons. The molecule has 0 saturated carbocycles. The first-order valence-corrected chi connectivity index (χ1v) is 11.5. The SMILES string of the molecule is CC(C)N1CCc2ccc(Nc3ncc4c(n3)OCN(c3c(Cl)cccc3Cl)C4=O)cc2C1. The van der Waals surface area contributed by atoms with Crippen LogP contribution < -0.4 is 15.0 Å². The van der Waals surface area contributed by atoms with Crippen molar-refractivity contribution in [1.82, 2.24) is 14.9 Å². The Morgan fingerprint density at radius 1 is 1.12 bits per heavy atom. The zero-order valence-electron chi connectivity index (χ0n) is 18.3. The van der Waals surface area contributed by atoms with Crippen LogP contribution in [0.25, 0.3) is 0 Å². The van der Waals surface area contributed by atoms with Gasteiger partial charge in [0.1, 0.15) is 5.56 Å². The van der Waals surface area contributed by atoms with Gasteiger partial charge in [0.2, 0.25) is 11.8 Å². The van der Waals surface area contributed by atoms with Crippen LogP contribution in [0.15, 0.2) is 42.6 Å². The van der Waals surface area contributed by atoms with Crippen LogP contribution in [0.4, 0.5) is 17.3 Å². The van der Waals surface area contributed by atoms with Gasteiger partial charge in [-0.25, -0.2) is 4.98 Å². The largest absolute Gasteiger partial charge is 0.455 e. The number of amides is 1. The minimum Gasteiger partial charge on any atom is -0.455 e. The van der Waals surface area contributed by atoms with E-state index in [1.165, 1.54) is 22.2 Å². The second-order valence-electron chi connectivity index (χ2n) is 8.41. The van der Waals surface area contributed by atoms with Gasteiger partial charge in [-0.2, -0.15) is 4.98 Å². The van der Waals surface area contributed by atoms with E-state index in [9.17, 15) is 4.79 Å². The average Bonchev–Trinajstić information content (AvgIpc) is 2.80. The minimum absolute atomic E-state index is 0.0460. The number of carbonyl (C=O) groups excluding carboxylic acids is 1. The number of rotatable bonds is 4. The average molecular weight is 484 g/mol. The van der Waals surface area contributed by atoms with Crippen LogP contribution in [-0.4, -0.2) is 40.1 Å². The van der Waals surface area contributed by atoms with Crippen molar-refractivity contribution in [3.63, 3.8) is 0 Å². The summed E-state index contributed by atoms with van der Waals surface area (Å²) < 4.78 is 5.77. The van der Waals surface area contributed by atoms with Gasteiger partial charge < -0.3 is 10.1 Å². The monoisotopic (exact) mass is 483 g/mol. The summed E-state index contributed by atoms with van der Waals surface area (Å²) in [5.41, 5.74) is 4.22. The Hall–Kier alpha value is -2.87. The fraction of sp³-hybridized carbons (Fsp3) is 0.292. The zero-order valence-corrected chi connectivity index (χ0v) is 19.8. The molecule has 1 N–H and O–H groups in total. The number of ether oxygens (including phenoxy) is 1. The van der Waals surface area contributed by atoms with E-state index in [2.05, 4.69) is 46.2 Å². The maximum absolute atomic E-state index is 13.1. The Kier molecular flexibility index (Phi) is 5.86. The van der Waals surface area contributed by atoms with Gasteiger partial charge in [0.25, 0.3) is 5.91 Å². The third kappa shape index (κ3) is 4.24. The Morgan fingerprint density at radius 2 is 1.91 bits per heavy atom. The number of nitrogens with one attached hydrogen (secondary N) is 1. The highest BCUT2D eigenvalue weighted by Gasteiger charge is 2.31. The topological polar surface area (TPSA) is 70.6 Å². The second-order valence-corrected chi connectivity index (χ2v) is 9.23. The molecule has 2 aliphatic rings. The first kappa shape index (κ1) is 21.9. The number of nitrogens with zero attached hydrogens (tertiary/aromatic N) is 4. The van der Waals surface area contributed by atoms with Crippen LogP contribution in [0.1, 0.15) is 35.3 Å². The summed E-state index contributed by atoms with van der Waals surface area (Å²) in [6.45, 7) is 6.39. The van der Waals surface area contributed by atoms with E-state index < -0.39 is 0 Å². The lowest BCUT2D eigenvalue weighted by Gasteiger charge is -2.32. The van der Waals surface area contributed by atoms with Crippen molar-refractivity contribution in [2.45, 2.75) is 32.9 Å². The number of benzene rings is 2. The number of anilines is 3. The van der Waals surface area contributed by atoms with Crippen molar-refractivity contribution in [3.8, 4) is 5.88 Å². The Balaban J connectivity index is 1.36. The molecule has 5 rings (SSSR count). The van der Waals surface area contributed by atoms with E-state index in [1.807, 2.05) is 6.07 Å². The first-order chi connectivity index (χ1) is 15.9. The summed E-state index contributed by atoms with van der Waals surface area (Å²) in [4.78, 5) is 25.7. The smallest absolute Gasteiger partial charge is 0.268 e. The molecule has 0 atom stereocenters. The third-order valence-electron chi connectivity index (χ3n) is 6.00. The highest BCUT2D eigenvalue weighted by molar-refractivity contribution is 6.40. The van der Waals surface area contributed by atoms with Gasteiger partial charge in [0, 0.05) is 31.0 Å². The molecule has 0 radical (unpaired) electrons. The minimum atomic E-state index is -0.319. The molecule has 1 aromatic heterocycles. The normalized spacial score (nSPS) is 15.8. The van der Waals surface area contributed by atoms with Gasteiger partial charge in [-0.3, -0.25) is 14.6 Å². The van der Waals surface area contributed by atoms with Crippen LogP contribution in [0.5, 0.6) is 5.88 Å². The quantitative estimate of drug-likeness (QED) is 0.543. The zero-order chi connectivity index (χ0) is 23.1. The van der Waals surface area contributed by atoms with E-state index in [0.717, 1.165) is 25.2 Å². The van der Waals surface area contributed by atoms with Crippen molar-refractivity contribution in [2.24, 2.45) is 0 Å². The molecule has 0 aliphatic carbocycles. The van der Waals surface area contributed by atoms with E-state index in [-0.39, 0.29) is 24.1 Å². The van der Waals surface area contributed by atoms with Crippen LogP contribution in [-0.2, 0) is 13.0 Å². The number of halogens is 2. The Labute approximate surface area is 202 Å². The maximum Gasteiger partial charge on any atom is 0.268 e. The first-order valence-electron chi connectivity index (χ1n) is 10.8. The highest BCUT2D eigenvalue weighted by Crippen LogP contribution is 2.37. The van der Waals surface area contributed by atoms with Crippen LogP contribution in [0, 0.1) is 0 Å². The summed E-state index contributed by atoms with van der Waals surface area (Å²) in [6, 6.07) is 11.9. The Bertz CT molecular complexity index is 1210. The highest BCUT2D eigenvalue weighted by atomic mass is 35.5. The molecule has 9 heteroatoms. The van der Waals surface area contributed by atoms with Gasteiger partial charge in [0.05, 0.1) is 15.7 Å². The van der Waals surface area contributed by atoms with Gasteiger partial charge in [0.15, 0.2) is 6.73 Å². The molecule has 3 heterocycles. The van der Waals surface area contributed by atoms with Crippen LogP contribution in [0.2, 0.25) is 10.0 Å². The molecular weight excluding hydrogens is 461 g/mol. The Morgan fingerprint density at radius 3 is 2.67 bits per heavy atom. The summed E-state index contributed by atoms with van der Waals surface area (Å²) >= 11 is 12.5. The lowest BCUT2D eigenvalue weighted by Crippen LogP contribution is -2.39. The number of carbonyl (C=O) groups is 1. The molecule has 0 bridgehead atoms. The standard InChI is InChI=1S/C24H23Cl2N5O2/c1-14(2)30-9-8-15-6-7-17(10-16(15)12-30)28-24-27-11-18-22(29-24)33-13-31(23(18)32)21-19(25)4-3-5-20(21)26/h3-7,10-11,14H,8-9,12-13H2,1-2H3,(H,27,28,29). The summed E-state index contributed by atoms with van der Waals surface area (Å²) in [7, 11) is 0. The lowest BCUT2D eigenvalue weighted by molar-refractivity contribution is 0.0932. The molecule has 33 heavy (non-hydrogen) atoms. The van der Waals surface area contributed by atoms with Crippen LogP contribution >= 0.6 is 23.2 Å². The molecule has 0 unspecified atom stereocenters. The number of hydrogen-bond acceptors (Lipinski definition) is 6. The van der Waals surface area contributed by atoms with Gasteiger partial charge in [-0.15, -0.1) is 0 Å². The van der Waals surface area contributed by atoms with E-state index >= 15 is 0 Å². The predicted octanol–water partition coefficient (Wildman–Crippen LogP) is 5.29. The third-order valence-corrected chi connectivity index (χ3v) is 6.61. The molecule has 7 nitrogen and oxygen atoms in total. The van der Waals surface area contributed by atoms with Gasteiger partial charge in [-0.1, -0.05) is 35.3 Å². The van der Waals surface area contributed by atoms with E-state index in [4.69, 9.17) is 27.9 Å². The van der Waals surface area contributed by atoms with Crippen LogP contribution in [0.3, 0.4) is 0 Å². The van der Waals surface area contributed by atoms with E-state index in [1.54, 1.807) is 18.2 Å². The second kappa shape index (κ2) is 8.82. The molecule has 0 saturated heterocycles. The lowest BCUT2D eigenvalue weighted by atomic mass is 9.98. The fourth-order valence-corrected chi connectivity index (χ4v) is 4.75. The fourth-order valence-electron chi connectivity index (χ4n) is 4.15. The summed E-state index contributed by atoms with van der Waals surface area (Å²) in [6.07, 6.45) is 2.51.